The zero-order valence-corrected chi connectivity index (χ0v) is 19.5. The summed E-state index contributed by atoms with van der Waals surface area (Å²) in [5.41, 5.74) is 3.30. The Bertz CT molecular complexity index is 955. The molecule has 160 valence electrons. The number of likely N-dealkylation sites (N-methyl/N-ethyl adjacent to an activating group) is 2. The molecule has 0 heterocycles. The van der Waals surface area contributed by atoms with Crippen LogP contribution in [-0.2, 0) is 6.42 Å². The van der Waals surface area contributed by atoms with Gasteiger partial charge in [-0.1, -0.05) is 38.3 Å². The Morgan fingerprint density at radius 3 is 2.10 bits per heavy atom. The van der Waals surface area contributed by atoms with E-state index in [0.717, 1.165) is 81.2 Å². The van der Waals surface area contributed by atoms with Gasteiger partial charge in [0.1, 0.15) is 9.02 Å². The summed E-state index contributed by atoms with van der Waals surface area (Å²) in [6, 6.07) is 0. The molecule has 29 heavy (non-hydrogen) atoms. The van der Waals surface area contributed by atoms with Crippen molar-refractivity contribution in [2.24, 2.45) is 0 Å². The molecule has 0 amide bonds. The highest BCUT2D eigenvalue weighted by atomic mass is 32.1. The molecule has 2 rings (SSSR count). The van der Waals surface area contributed by atoms with Gasteiger partial charge in [-0.15, -0.1) is 0 Å². The Hall–Kier alpha value is -1.48. The molecule has 6 nitrogen and oxygen atoms in total. The fraction of sp³-hybridized carbons (Fsp3) is 0.619. The van der Waals surface area contributed by atoms with Gasteiger partial charge in [0.25, 0.3) is 0 Å². The topological polar surface area (TPSA) is 64.7 Å². The second kappa shape index (κ2) is 11.1. The molecule has 0 unspecified atom stereocenters. The van der Waals surface area contributed by atoms with E-state index >= 15 is 0 Å². The van der Waals surface area contributed by atoms with Crippen molar-refractivity contribution in [1.82, 2.24) is 9.80 Å². The second-order valence-electron chi connectivity index (χ2n) is 7.46. The van der Waals surface area contributed by atoms with Crippen LogP contribution in [0.3, 0.4) is 0 Å². The largest absolute Gasteiger partial charge is 0.382 e. The maximum absolute atomic E-state index is 12.1. The predicted octanol–water partition coefficient (Wildman–Crippen LogP) is 2.66. The third-order valence-corrected chi connectivity index (χ3v) is 6.35. The van der Waals surface area contributed by atoms with Crippen molar-refractivity contribution in [3.8, 4) is 0 Å². The van der Waals surface area contributed by atoms with Gasteiger partial charge in [-0.3, -0.25) is 9.59 Å². The van der Waals surface area contributed by atoms with E-state index in [1.54, 1.807) is 6.92 Å². The summed E-state index contributed by atoms with van der Waals surface area (Å²) in [7, 11) is 2.07. The molecule has 0 bridgehead atoms. The average Bonchev–Trinajstić information content (AvgIpc) is 2.74. The number of nitrogens with zero attached hydrogens (tertiary/aromatic N) is 2. The molecule has 0 aliphatic heterocycles. The van der Waals surface area contributed by atoms with Crippen LogP contribution in [0.1, 0.15) is 31.4 Å². The molecule has 2 N–H and O–H groups in total. The van der Waals surface area contributed by atoms with Gasteiger partial charge in [0.15, 0.2) is 0 Å². The van der Waals surface area contributed by atoms with Crippen molar-refractivity contribution in [3.63, 3.8) is 0 Å². The van der Waals surface area contributed by atoms with Gasteiger partial charge < -0.3 is 20.4 Å². The van der Waals surface area contributed by atoms with Gasteiger partial charge in [-0.25, -0.2) is 0 Å². The van der Waals surface area contributed by atoms with Crippen molar-refractivity contribution in [1.29, 1.82) is 0 Å². The molecule has 0 aliphatic rings. The van der Waals surface area contributed by atoms with Gasteiger partial charge in [0.2, 0.25) is 10.9 Å². The summed E-state index contributed by atoms with van der Waals surface area (Å²) in [5.74, 6) is 0. The first-order valence-corrected chi connectivity index (χ1v) is 11.1. The Morgan fingerprint density at radius 1 is 0.862 bits per heavy atom. The zero-order chi connectivity index (χ0) is 21.6. The first-order chi connectivity index (χ1) is 13.8. The smallest absolute Gasteiger partial charge is 0.204 e. The standard InChI is InChI=1S/C21H32N4O2S2/c1-5-24(4)12-9-23-17-15(19(27)21(17)29)8-7-11-25(6-2)13-10-22-16-14(3)18(26)20(16)28/h22-23H,5-13H2,1-4H3. The molecule has 0 spiro atoms. The second-order valence-corrected chi connectivity index (χ2v) is 8.27. The lowest BCUT2D eigenvalue weighted by Crippen LogP contribution is -2.32. The van der Waals surface area contributed by atoms with Gasteiger partial charge >= 0.3 is 0 Å². The fourth-order valence-electron chi connectivity index (χ4n) is 3.36. The van der Waals surface area contributed by atoms with Crippen molar-refractivity contribution >= 4 is 35.8 Å². The van der Waals surface area contributed by atoms with E-state index in [9.17, 15) is 9.59 Å². The minimum absolute atomic E-state index is 0.0167. The van der Waals surface area contributed by atoms with Crippen LogP contribution >= 0.6 is 24.4 Å². The highest BCUT2D eigenvalue weighted by Crippen LogP contribution is 2.19. The van der Waals surface area contributed by atoms with Gasteiger partial charge in [-0.05, 0) is 46.4 Å². The van der Waals surface area contributed by atoms with E-state index in [-0.39, 0.29) is 10.9 Å². The van der Waals surface area contributed by atoms with E-state index < -0.39 is 0 Å². The van der Waals surface area contributed by atoms with E-state index in [2.05, 4.69) is 41.3 Å². The van der Waals surface area contributed by atoms with Crippen LogP contribution in [0.2, 0.25) is 0 Å². The molecule has 0 radical (unpaired) electrons. The molecule has 0 atom stereocenters. The summed E-state index contributed by atoms with van der Waals surface area (Å²) < 4.78 is 0.868. The van der Waals surface area contributed by atoms with Crippen LogP contribution in [0.25, 0.3) is 0 Å². The number of nitrogens with one attached hydrogen (secondary N) is 2. The Balaban J connectivity index is 1.76. The molecule has 0 fully saturated rings. The van der Waals surface area contributed by atoms with Crippen molar-refractivity contribution < 1.29 is 0 Å². The lowest BCUT2D eigenvalue weighted by molar-refractivity contribution is 0.295. The maximum atomic E-state index is 12.1. The van der Waals surface area contributed by atoms with Crippen LogP contribution in [-0.4, -0.2) is 62.7 Å². The van der Waals surface area contributed by atoms with Crippen LogP contribution < -0.4 is 21.5 Å². The highest BCUT2D eigenvalue weighted by molar-refractivity contribution is 7.72. The van der Waals surface area contributed by atoms with E-state index in [0.29, 0.717) is 9.02 Å². The quantitative estimate of drug-likeness (QED) is 0.438. The molecule has 0 aromatic heterocycles. The summed E-state index contributed by atoms with van der Waals surface area (Å²) >= 11 is 10.3. The summed E-state index contributed by atoms with van der Waals surface area (Å²) in [4.78, 5) is 28.1. The predicted molar refractivity (Wildman–Crippen MR) is 127 cm³/mol. The lowest BCUT2D eigenvalue weighted by Gasteiger charge is -2.22. The maximum Gasteiger partial charge on any atom is 0.204 e. The number of rotatable bonds is 14. The minimum Gasteiger partial charge on any atom is -0.382 e. The van der Waals surface area contributed by atoms with Crippen LogP contribution in [0.15, 0.2) is 9.59 Å². The molecule has 0 saturated carbocycles. The summed E-state index contributed by atoms with van der Waals surface area (Å²) in [6.07, 6.45) is 1.66. The van der Waals surface area contributed by atoms with E-state index in [1.165, 1.54) is 0 Å². The third-order valence-electron chi connectivity index (χ3n) is 5.57. The van der Waals surface area contributed by atoms with Gasteiger partial charge in [0.05, 0.1) is 11.4 Å². The molecule has 0 saturated heterocycles. The molecule has 2 aromatic rings. The number of hydrogen-bond donors (Lipinski definition) is 2. The zero-order valence-electron chi connectivity index (χ0n) is 17.9. The summed E-state index contributed by atoms with van der Waals surface area (Å²) in [6.45, 7) is 12.2. The highest BCUT2D eigenvalue weighted by Gasteiger charge is 2.17. The SMILES string of the molecule is CCN(C)CCNc1c(CCCN(CC)CCNc2c(C)c(=O)c2=S)c(=O)c1=S. The minimum atomic E-state index is -0.0167. The monoisotopic (exact) mass is 436 g/mol. The first kappa shape index (κ1) is 23.8. The molecular weight excluding hydrogens is 404 g/mol. The lowest BCUT2D eigenvalue weighted by atomic mass is 10.0. The van der Waals surface area contributed by atoms with Crippen molar-refractivity contribution in [2.45, 2.75) is 33.6 Å². The van der Waals surface area contributed by atoms with Crippen LogP contribution in [0.4, 0.5) is 11.4 Å². The van der Waals surface area contributed by atoms with Crippen molar-refractivity contribution in [3.05, 3.63) is 40.6 Å². The molecule has 2 aromatic carbocycles. The van der Waals surface area contributed by atoms with Gasteiger partial charge in [-0.2, -0.15) is 0 Å². The van der Waals surface area contributed by atoms with Gasteiger partial charge in [0, 0.05) is 37.3 Å². The third kappa shape index (κ3) is 5.78. The van der Waals surface area contributed by atoms with Crippen LogP contribution in [0, 0.1) is 15.9 Å². The molecule has 8 heteroatoms. The van der Waals surface area contributed by atoms with E-state index in [1.807, 2.05) is 0 Å². The Labute approximate surface area is 183 Å². The number of anilines is 2. The van der Waals surface area contributed by atoms with Crippen molar-refractivity contribution in [2.75, 3.05) is 63.5 Å². The Morgan fingerprint density at radius 2 is 1.48 bits per heavy atom. The van der Waals surface area contributed by atoms with Crippen LogP contribution in [0.5, 0.6) is 0 Å². The number of hydrogen-bond acceptors (Lipinski definition) is 8. The van der Waals surface area contributed by atoms with E-state index in [4.69, 9.17) is 24.4 Å². The fourth-order valence-corrected chi connectivity index (χ4v) is 4.06. The Kier molecular flexibility index (Phi) is 9.07. The average molecular weight is 437 g/mol. The molecular formula is C21H32N4O2S2. The summed E-state index contributed by atoms with van der Waals surface area (Å²) in [5, 5.41) is 6.62. The molecule has 0 aliphatic carbocycles. The first-order valence-electron chi connectivity index (χ1n) is 10.3. The normalized spacial score (nSPS) is 11.8.